The Balaban J connectivity index is 1.49. The second kappa shape index (κ2) is 7.31. The summed E-state index contributed by atoms with van der Waals surface area (Å²) < 4.78 is 7.25. The number of hydrogen-bond acceptors (Lipinski definition) is 6. The molecule has 9 nitrogen and oxygen atoms in total. The van der Waals surface area contributed by atoms with Crippen molar-refractivity contribution in [2.45, 2.75) is 0 Å². The van der Waals surface area contributed by atoms with Gasteiger partial charge < -0.3 is 14.1 Å². The van der Waals surface area contributed by atoms with Gasteiger partial charge in [0.1, 0.15) is 11.3 Å². The Hall–Kier alpha value is -4.40. The van der Waals surface area contributed by atoms with Crippen molar-refractivity contribution in [2.24, 2.45) is 5.10 Å². The van der Waals surface area contributed by atoms with Gasteiger partial charge in [0, 0.05) is 29.4 Å². The number of benzene rings is 2. The number of fused-ring (bicyclic) bond motifs is 1. The normalized spacial score (nSPS) is 11.2. The number of nitrogens with one attached hydrogen (secondary N) is 1. The molecule has 0 saturated carbocycles. The predicted octanol–water partition coefficient (Wildman–Crippen LogP) is 3.60. The van der Waals surface area contributed by atoms with Gasteiger partial charge in [-0.3, -0.25) is 14.9 Å². The Labute approximate surface area is 163 Å². The van der Waals surface area contributed by atoms with Gasteiger partial charge in [-0.25, -0.2) is 5.43 Å². The summed E-state index contributed by atoms with van der Waals surface area (Å²) in [5, 5.41) is 24.7. The number of nitro benzene ring substituents is 1. The van der Waals surface area contributed by atoms with Crippen molar-refractivity contribution < 1.29 is 19.2 Å². The molecule has 0 fully saturated rings. The minimum Gasteiger partial charge on any atom is -0.508 e. The highest BCUT2D eigenvalue weighted by Gasteiger charge is 2.14. The summed E-state index contributed by atoms with van der Waals surface area (Å²) in [7, 11) is 0. The summed E-state index contributed by atoms with van der Waals surface area (Å²) in [4.78, 5) is 22.6. The van der Waals surface area contributed by atoms with E-state index in [4.69, 9.17) is 4.42 Å². The third-order valence-corrected chi connectivity index (χ3v) is 4.21. The smallest absolute Gasteiger partial charge is 0.307 e. The Morgan fingerprint density at radius 2 is 1.97 bits per heavy atom. The molecule has 29 heavy (non-hydrogen) atoms. The minimum atomic E-state index is -0.581. The van der Waals surface area contributed by atoms with E-state index in [1.165, 1.54) is 30.5 Å². The minimum absolute atomic E-state index is 0.00781. The number of furan rings is 1. The number of nitrogens with zero attached hydrogens (tertiary/aromatic N) is 3. The molecule has 4 aromatic rings. The maximum absolute atomic E-state index is 12.3. The number of amides is 1. The number of hydrogen-bond donors (Lipinski definition) is 2. The van der Waals surface area contributed by atoms with Crippen LogP contribution in [0.3, 0.4) is 0 Å². The zero-order valence-corrected chi connectivity index (χ0v) is 14.9. The van der Waals surface area contributed by atoms with Gasteiger partial charge in [-0.1, -0.05) is 0 Å². The van der Waals surface area contributed by atoms with E-state index in [-0.39, 0.29) is 17.2 Å². The number of nitro groups is 1. The van der Waals surface area contributed by atoms with Crippen molar-refractivity contribution >= 4 is 28.8 Å². The Kier molecular flexibility index (Phi) is 4.54. The second-order valence-corrected chi connectivity index (χ2v) is 6.11. The number of aromatic hydroxyl groups is 1. The van der Waals surface area contributed by atoms with Gasteiger partial charge in [0.05, 0.1) is 16.8 Å². The first-order chi connectivity index (χ1) is 14.0. The van der Waals surface area contributed by atoms with Gasteiger partial charge in [0.2, 0.25) is 0 Å². The molecule has 0 aliphatic rings. The lowest BCUT2D eigenvalue weighted by molar-refractivity contribution is -0.384. The molecule has 144 valence electrons. The number of non-ortho nitro benzene ring substituents is 1. The van der Waals surface area contributed by atoms with Crippen molar-refractivity contribution in [1.29, 1.82) is 0 Å². The lowest BCUT2D eigenvalue weighted by atomic mass is 10.2. The lowest BCUT2D eigenvalue weighted by Gasteiger charge is -2.06. The molecule has 2 N–H and O–H groups in total. The molecule has 0 spiro atoms. The highest BCUT2D eigenvalue weighted by atomic mass is 16.6. The Morgan fingerprint density at radius 1 is 1.17 bits per heavy atom. The van der Waals surface area contributed by atoms with E-state index in [1.54, 1.807) is 24.3 Å². The van der Waals surface area contributed by atoms with Crippen LogP contribution in [0.1, 0.15) is 16.2 Å². The number of carbonyl (C=O) groups is 1. The van der Waals surface area contributed by atoms with Crippen LogP contribution < -0.4 is 5.43 Å². The third-order valence-electron chi connectivity index (χ3n) is 4.21. The number of phenols is 1. The summed E-state index contributed by atoms with van der Waals surface area (Å²) in [5.41, 5.74) is 4.18. The SMILES string of the molecule is O=C(N/N=C\c1cccn1-c1ccc(O)cc1)c1cc2cc([N+](=O)[O-])ccc2o1. The molecule has 9 heteroatoms. The van der Waals surface area contributed by atoms with Gasteiger partial charge in [0.15, 0.2) is 5.76 Å². The lowest BCUT2D eigenvalue weighted by Crippen LogP contribution is -2.17. The van der Waals surface area contributed by atoms with Gasteiger partial charge in [-0.15, -0.1) is 0 Å². The summed E-state index contributed by atoms with van der Waals surface area (Å²) in [6, 6.07) is 15.8. The van der Waals surface area contributed by atoms with E-state index < -0.39 is 10.8 Å². The van der Waals surface area contributed by atoms with Crippen LogP contribution in [0, 0.1) is 10.1 Å². The van der Waals surface area contributed by atoms with Crippen LogP contribution >= 0.6 is 0 Å². The zero-order chi connectivity index (χ0) is 20.4. The van der Waals surface area contributed by atoms with E-state index in [9.17, 15) is 20.0 Å². The van der Waals surface area contributed by atoms with Gasteiger partial charge in [-0.05, 0) is 48.5 Å². The molecule has 2 aromatic carbocycles. The topological polar surface area (TPSA) is 123 Å². The molecule has 0 unspecified atom stereocenters. The fourth-order valence-corrected chi connectivity index (χ4v) is 2.82. The fourth-order valence-electron chi connectivity index (χ4n) is 2.82. The zero-order valence-electron chi connectivity index (χ0n) is 14.9. The molecule has 0 atom stereocenters. The van der Waals surface area contributed by atoms with Crippen LogP contribution in [-0.4, -0.2) is 26.7 Å². The fraction of sp³-hybridized carbons (Fsp3) is 0. The molecule has 0 aliphatic carbocycles. The first kappa shape index (κ1) is 18.0. The van der Waals surface area contributed by atoms with Crippen LogP contribution in [0.4, 0.5) is 5.69 Å². The maximum atomic E-state index is 12.3. The molecule has 4 rings (SSSR count). The number of aromatic nitrogens is 1. The van der Waals surface area contributed by atoms with Crippen LogP contribution in [0.5, 0.6) is 5.75 Å². The first-order valence-electron chi connectivity index (χ1n) is 8.49. The van der Waals surface area contributed by atoms with Crippen LogP contribution in [0.15, 0.2) is 76.4 Å². The summed E-state index contributed by atoms with van der Waals surface area (Å²) in [6.45, 7) is 0. The molecule has 0 aliphatic heterocycles. The van der Waals surface area contributed by atoms with Crippen LogP contribution in [0.2, 0.25) is 0 Å². The molecule has 2 aromatic heterocycles. The van der Waals surface area contributed by atoms with Crippen LogP contribution in [-0.2, 0) is 0 Å². The van der Waals surface area contributed by atoms with Gasteiger partial charge in [0.25, 0.3) is 5.69 Å². The Morgan fingerprint density at radius 3 is 2.72 bits per heavy atom. The number of phenolic OH excluding ortho intramolecular Hbond substituents is 1. The highest BCUT2D eigenvalue weighted by molar-refractivity contribution is 5.96. The van der Waals surface area contributed by atoms with Gasteiger partial charge in [-0.2, -0.15) is 5.10 Å². The molecular formula is C20H14N4O5. The predicted molar refractivity (Wildman–Crippen MR) is 105 cm³/mol. The number of carbonyl (C=O) groups excluding carboxylic acids is 1. The summed E-state index contributed by atoms with van der Waals surface area (Å²) in [5.74, 6) is -0.422. The summed E-state index contributed by atoms with van der Waals surface area (Å²) >= 11 is 0. The Bertz CT molecular complexity index is 1240. The monoisotopic (exact) mass is 390 g/mol. The number of rotatable bonds is 5. The standard InChI is InChI=1S/C20H14N4O5/c25-17-6-3-14(4-7-17)23-9-1-2-16(23)12-21-22-20(26)19-11-13-10-15(24(27)28)5-8-18(13)29-19/h1-12,25H,(H,22,26)/b21-12-. The quantitative estimate of drug-likeness (QED) is 0.306. The van der Waals surface area contributed by atoms with Crippen molar-refractivity contribution in [1.82, 2.24) is 9.99 Å². The molecule has 0 radical (unpaired) electrons. The summed E-state index contributed by atoms with van der Waals surface area (Å²) in [6.07, 6.45) is 3.29. The van der Waals surface area contributed by atoms with E-state index in [1.807, 2.05) is 22.9 Å². The average Bonchev–Trinajstić information content (AvgIpc) is 3.34. The highest BCUT2D eigenvalue weighted by Crippen LogP contribution is 2.24. The first-order valence-corrected chi connectivity index (χ1v) is 8.49. The van der Waals surface area contributed by atoms with E-state index in [0.29, 0.717) is 16.7 Å². The third kappa shape index (κ3) is 3.69. The van der Waals surface area contributed by atoms with Crippen molar-refractivity contribution in [2.75, 3.05) is 0 Å². The molecule has 2 heterocycles. The molecular weight excluding hydrogens is 376 g/mol. The van der Waals surface area contributed by atoms with E-state index >= 15 is 0 Å². The molecule has 0 bridgehead atoms. The van der Waals surface area contributed by atoms with Crippen molar-refractivity contribution in [3.05, 3.63) is 88.4 Å². The second-order valence-electron chi connectivity index (χ2n) is 6.11. The molecule has 1 amide bonds. The average molecular weight is 390 g/mol. The molecule has 0 saturated heterocycles. The maximum Gasteiger partial charge on any atom is 0.307 e. The van der Waals surface area contributed by atoms with Gasteiger partial charge >= 0.3 is 5.91 Å². The largest absolute Gasteiger partial charge is 0.508 e. The number of hydrazone groups is 1. The van der Waals surface area contributed by atoms with Crippen molar-refractivity contribution in [3.8, 4) is 11.4 Å². The van der Waals surface area contributed by atoms with E-state index in [2.05, 4.69) is 10.5 Å². The van der Waals surface area contributed by atoms with Crippen molar-refractivity contribution in [3.63, 3.8) is 0 Å². The van der Waals surface area contributed by atoms with Crippen LogP contribution in [0.25, 0.3) is 16.7 Å². The van der Waals surface area contributed by atoms with E-state index in [0.717, 1.165) is 5.69 Å².